The van der Waals surface area contributed by atoms with Gasteiger partial charge in [0.1, 0.15) is 0 Å². The molecule has 0 amide bonds. The van der Waals surface area contributed by atoms with Gasteiger partial charge in [0.25, 0.3) is 0 Å². The van der Waals surface area contributed by atoms with Crippen LogP contribution in [-0.2, 0) is 19.3 Å². The third-order valence-electron chi connectivity index (χ3n) is 3.19. The van der Waals surface area contributed by atoms with E-state index >= 15 is 0 Å². The van der Waals surface area contributed by atoms with Crippen LogP contribution in [0.3, 0.4) is 0 Å². The Bertz CT molecular complexity index is 576. The second-order valence-corrected chi connectivity index (χ2v) is 4.84. The van der Waals surface area contributed by atoms with Crippen molar-refractivity contribution in [2.45, 2.75) is 32.6 Å². The molecule has 0 aliphatic carbocycles. The van der Waals surface area contributed by atoms with Crippen LogP contribution in [0.4, 0.5) is 13.2 Å². The number of nitrogens with zero attached hydrogens (tertiary/aromatic N) is 2. The summed E-state index contributed by atoms with van der Waals surface area (Å²) >= 11 is 0. The van der Waals surface area contributed by atoms with Crippen molar-refractivity contribution in [1.29, 1.82) is 0 Å². The monoisotopic (exact) mass is 297 g/mol. The van der Waals surface area contributed by atoms with Gasteiger partial charge in [-0.1, -0.05) is 25.1 Å². The van der Waals surface area contributed by atoms with Gasteiger partial charge in [0.05, 0.1) is 17.6 Å². The van der Waals surface area contributed by atoms with Crippen LogP contribution < -0.4 is 5.32 Å². The third kappa shape index (κ3) is 4.07. The highest BCUT2D eigenvalue weighted by Crippen LogP contribution is 2.32. The molecule has 0 unspecified atom stereocenters. The fraction of sp³-hybridized carbons (Fsp3) is 0.400. The highest BCUT2D eigenvalue weighted by molar-refractivity contribution is 5.30. The summed E-state index contributed by atoms with van der Waals surface area (Å²) in [5.41, 5.74) is 0.534. The molecule has 114 valence electrons. The Labute approximate surface area is 121 Å². The van der Waals surface area contributed by atoms with Crippen molar-refractivity contribution in [1.82, 2.24) is 14.9 Å². The second-order valence-electron chi connectivity index (χ2n) is 4.84. The maximum absolute atomic E-state index is 13.0. The van der Waals surface area contributed by atoms with Crippen molar-refractivity contribution >= 4 is 0 Å². The molecule has 3 nitrogen and oxygen atoms in total. The molecule has 2 rings (SSSR count). The van der Waals surface area contributed by atoms with Gasteiger partial charge in [-0.15, -0.1) is 0 Å². The van der Waals surface area contributed by atoms with Gasteiger partial charge >= 0.3 is 6.18 Å². The zero-order valence-electron chi connectivity index (χ0n) is 11.8. The number of imidazole rings is 1. The quantitative estimate of drug-likeness (QED) is 0.828. The van der Waals surface area contributed by atoms with E-state index < -0.39 is 11.7 Å². The number of hydrogen-bond donors (Lipinski definition) is 1. The largest absolute Gasteiger partial charge is 0.416 e. The predicted octanol–water partition coefficient (Wildman–Crippen LogP) is 3.45. The molecule has 0 atom stereocenters. The van der Waals surface area contributed by atoms with Crippen LogP contribution >= 0.6 is 0 Å². The average Bonchev–Trinajstić information content (AvgIpc) is 2.86. The first-order valence-electron chi connectivity index (χ1n) is 6.87. The molecule has 6 heteroatoms. The van der Waals surface area contributed by atoms with E-state index in [0.717, 1.165) is 24.7 Å². The van der Waals surface area contributed by atoms with E-state index in [4.69, 9.17) is 0 Å². The lowest BCUT2D eigenvalue weighted by Gasteiger charge is -2.14. The van der Waals surface area contributed by atoms with Crippen LogP contribution in [0.5, 0.6) is 0 Å². The summed E-state index contributed by atoms with van der Waals surface area (Å²) in [5, 5.41) is 3.23. The van der Waals surface area contributed by atoms with Gasteiger partial charge in [0, 0.05) is 19.3 Å². The van der Waals surface area contributed by atoms with Crippen molar-refractivity contribution in [3.63, 3.8) is 0 Å². The number of alkyl halides is 3. The van der Waals surface area contributed by atoms with E-state index in [-0.39, 0.29) is 12.1 Å². The van der Waals surface area contributed by atoms with Gasteiger partial charge in [-0.3, -0.25) is 0 Å². The normalized spacial score (nSPS) is 11.8. The highest BCUT2D eigenvalue weighted by atomic mass is 19.4. The molecule has 2 aromatic rings. The molecule has 1 aromatic heterocycles. The zero-order chi connectivity index (χ0) is 15.3. The number of hydrogen-bond acceptors (Lipinski definition) is 2. The Morgan fingerprint density at radius 2 is 2.00 bits per heavy atom. The van der Waals surface area contributed by atoms with Crippen LogP contribution in [0.15, 0.2) is 36.8 Å². The maximum Gasteiger partial charge on any atom is 0.416 e. The molecule has 0 saturated heterocycles. The minimum atomic E-state index is -4.34. The van der Waals surface area contributed by atoms with Gasteiger partial charge in [0.15, 0.2) is 0 Å². The Morgan fingerprint density at radius 3 is 2.71 bits per heavy atom. The summed E-state index contributed by atoms with van der Waals surface area (Å²) in [7, 11) is 0. The molecule has 0 aliphatic heterocycles. The maximum atomic E-state index is 13.0. The molecule has 0 spiro atoms. The molecule has 0 radical (unpaired) electrons. The first kappa shape index (κ1) is 15.6. The molecule has 1 N–H and O–H groups in total. The topological polar surface area (TPSA) is 29.9 Å². The van der Waals surface area contributed by atoms with Crippen molar-refractivity contribution in [3.05, 3.63) is 53.6 Å². The zero-order valence-corrected chi connectivity index (χ0v) is 11.8. The van der Waals surface area contributed by atoms with Gasteiger partial charge in [-0.2, -0.15) is 13.2 Å². The smallest absolute Gasteiger partial charge is 0.329 e. The van der Waals surface area contributed by atoms with Crippen molar-refractivity contribution < 1.29 is 13.2 Å². The van der Waals surface area contributed by atoms with E-state index in [1.165, 1.54) is 12.1 Å². The van der Waals surface area contributed by atoms with Crippen LogP contribution in [0.1, 0.15) is 30.2 Å². The number of halogens is 3. The molecule has 0 bridgehead atoms. The lowest BCUT2D eigenvalue weighted by Crippen LogP contribution is -2.18. The molecular weight excluding hydrogens is 279 g/mol. The first-order chi connectivity index (χ1) is 10.0. The van der Waals surface area contributed by atoms with Crippen LogP contribution in [0.2, 0.25) is 0 Å². The van der Waals surface area contributed by atoms with E-state index in [2.05, 4.69) is 17.2 Å². The SMILES string of the molecule is CCCNCc1cncn1Cc1ccccc1C(F)(F)F. The summed E-state index contributed by atoms with van der Waals surface area (Å²) in [6, 6.07) is 5.65. The molecule has 0 aliphatic rings. The van der Waals surface area contributed by atoms with Gasteiger partial charge < -0.3 is 9.88 Å². The lowest BCUT2D eigenvalue weighted by atomic mass is 10.1. The summed E-state index contributed by atoms with van der Waals surface area (Å²) in [4.78, 5) is 4.03. The van der Waals surface area contributed by atoms with E-state index in [9.17, 15) is 13.2 Å². The fourth-order valence-corrected chi connectivity index (χ4v) is 2.15. The molecule has 21 heavy (non-hydrogen) atoms. The fourth-order valence-electron chi connectivity index (χ4n) is 2.15. The summed E-state index contributed by atoms with van der Waals surface area (Å²) < 4.78 is 40.7. The van der Waals surface area contributed by atoms with E-state index in [1.54, 1.807) is 23.2 Å². The number of rotatable bonds is 6. The molecular formula is C15H18F3N3. The van der Waals surface area contributed by atoms with Crippen molar-refractivity contribution in [3.8, 4) is 0 Å². The molecule has 0 fully saturated rings. The molecule has 0 saturated carbocycles. The Hall–Kier alpha value is -1.82. The average molecular weight is 297 g/mol. The summed E-state index contributed by atoms with van der Waals surface area (Å²) in [5.74, 6) is 0. The van der Waals surface area contributed by atoms with Gasteiger partial charge in [-0.05, 0) is 24.6 Å². The summed E-state index contributed by atoms with van der Waals surface area (Å²) in [6.45, 7) is 3.69. The minimum Gasteiger partial charge on any atom is -0.329 e. The number of benzene rings is 1. The Balaban J connectivity index is 2.18. The second kappa shape index (κ2) is 6.76. The number of aromatic nitrogens is 2. The van der Waals surface area contributed by atoms with Gasteiger partial charge in [0.2, 0.25) is 0 Å². The molecule has 1 heterocycles. The van der Waals surface area contributed by atoms with E-state index in [0.29, 0.717) is 6.54 Å². The Kier molecular flexibility index (Phi) is 5.01. The molecule has 1 aromatic carbocycles. The van der Waals surface area contributed by atoms with Gasteiger partial charge in [-0.25, -0.2) is 4.98 Å². The van der Waals surface area contributed by atoms with Crippen molar-refractivity contribution in [2.75, 3.05) is 6.54 Å². The lowest BCUT2D eigenvalue weighted by molar-refractivity contribution is -0.138. The van der Waals surface area contributed by atoms with Crippen LogP contribution in [-0.4, -0.2) is 16.1 Å². The standard InChI is InChI=1S/C15H18F3N3/c1-2-7-19-8-13-9-20-11-21(13)10-12-5-3-4-6-14(12)15(16,17)18/h3-6,9,11,19H,2,7-8,10H2,1H3. The van der Waals surface area contributed by atoms with Crippen LogP contribution in [0, 0.1) is 0 Å². The van der Waals surface area contributed by atoms with Crippen LogP contribution in [0.25, 0.3) is 0 Å². The number of nitrogens with one attached hydrogen (secondary N) is 1. The first-order valence-corrected chi connectivity index (χ1v) is 6.87. The summed E-state index contributed by atoms with van der Waals surface area (Å²) in [6.07, 6.45) is -0.0855. The Morgan fingerprint density at radius 1 is 1.24 bits per heavy atom. The third-order valence-corrected chi connectivity index (χ3v) is 3.19. The predicted molar refractivity (Wildman–Crippen MR) is 74.8 cm³/mol. The highest BCUT2D eigenvalue weighted by Gasteiger charge is 2.32. The van der Waals surface area contributed by atoms with E-state index in [1.807, 2.05) is 0 Å². The van der Waals surface area contributed by atoms with Crippen molar-refractivity contribution in [2.24, 2.45) is 0 Å². The minimum absolute atomic E-state index is 0.165.